The number of ether oxygens (including phenoxy) is 2. The summed E-state index contributed by atoms with van der Waals surface area (Å²) in [6.45, 7) is 9.86. The molecular weight excluding hydrogens is 446 g/mol. The molecule has 8 heteroatoms. The van der Waals surface area contributed by atoms with Crippen LogP contribution >= 0.6 is 0 Å². The highest BCUT2D eigenvalue weighted by Crippen LogP contribution is 2.28. The van der Waals surface area contributed by atoms with Gasteiger partial charge in [0.05, 0.1) is 19.2 Å². The first-order chi connectivity index (χ1) is 16.7. The second kappa shape index (κ2) is 12.4. The summed E-state index contributed by atoms with van der Waals surface area (Å²) < 4.78 is 11.7. The van der Waals surface area contributed by atoms with E-state index in [4.69, 9.17) is 9.47 Å². The number of aromatic nitrogens is 1. The number of amides is 2. The smallest absolute Gasteiger partial charge is 0.259 e. The molecule has 1 saturated heterocycles. The summed E-state index contributed by atoms with van der Waals surface area (Å²) in [7, 11) is 1.80. The fourth-order valence-electron chi connectivity index (χ4n) is 4.36. The molecule has 3 heterocycles. The van der Waals surface area contributed by atoms with Crippen molar-refractivity contribution in [2.45, 2.75) is 59.1 Å². The lowest BCUT2D eigenvalue weighted by Crippen LogP contribution is -2.51. The van der Waals surface area contributed by atoms with Crippen LogP contribution in [0.2, 0.25) is 0 Å². The maximum Gasteiger partial charge on any atom is 0.259 e. The van der Waals surface area contributed by atoms with Gasteiger partial charge < -0.3 is 24.4 Å². The van der Waals surface area contributed by atoms with Gasteiger partial charge in [-0.25, -0.2) is 4.98 Å². The van der Waals surface area contributed by atoms with Crippen molar-refractivity contribution in [1.82, 2.24) is 14.8 Å². The average Bonchev–Trinajstić information content (AvgIpc) is 2.85. The van der Waals surface area contributed by atoms with E-state index < -0.39 is 0 Å². The Morgan fingerprint density at radius 1 is 1.31 bits per heavy atom. The number of likely N-dealkylation sites (N-methyl/N-ethyl adjacent to an activating group) is 1. The maximum atomic E-state index is 13.5. The number of rotatable bonds is 6. The van der Waals surface area contributed by atoms with Crippen LogP contribution < -0.4 is 4.74 Å². The zero-order valence-electron chi connectivity index (χ0n) is 21.6. The highest BCUT2D eigenvalue weighted by molar-refractivity contribution is 5.97. The van der Waals surface area contributed by atoms with E-state index in [0.717, 1.165) is 19.3 Å². The molecule has 0 aromatic carbocycles. The molecule has 1 aromatic rings. The molecule has 3 atom stereocenters. The minimum atomic E-state index is -0.367. The van der Waals surface area contributed by atoms with E-state index in [9.17, 15) is 14.7 Å². The third-order valence-electron chi connectivity index (χ3n) is 6.66. The van der Waals surface area contributed by atoms with Crippen molar-refractivity contribution in [3.8, 4) is 17.7 Å². The van der Waals surface area contributed by atoms with Gasteiger partial charge in [0.15, 0.2) is 0 Å². The molecule has 3 rings (SSSR count). The van der Waals surface area contributed by atoms with Crippen LogP contribution in [0.5, 0.6) is 5.88 Å². The molecule has 0 radical (unpaired) electrons. The Hall–Kier alpha value is -2.63. The van der Waals surface area contributed by atoms with Crippen molar-refractivity contribution in [2.75, 3.05) is 40.0 Å². The molecule has 0 spiro atoms. The minimum absolute atomic E-state index is 0.0394. The highest BCUT2D eigenvalue weighted by atomic mass is 16.5. The van der Waals surface area contributed by atoms with Crippen LogP contribution in [0.3, 0.4) is 0 Å². The monoisotopic (exact) mass is 485 g/mol. The van der Waals surface area contributed by atoms with Gasteiger partial charge >= 0.3 is 0 Å². The van der Waals surface area contributed by atoms with E-state index in [-0.39, 0.29) is 48.3 Å². The summed E-state index contributed by atoms with van der Waals surface area (Å²) in [5.41, 5.74) is 0.979. The van der Waals surface area contributed by atoms with Crippen molar-refractivity contribution >= 4 is 11.8 Å². The van der Waals surface area contributed by atoms with Crippen LogP contribution in [0.25, 0.3) is 0 Å². The first-order valence-electron chi connectivity index (χ1n) is 12.6. The van der Waals surface area contributed by atoms with Crippen molar-refractivity contribution < 1.29 is 24.2 Å². The molecule has 0 saturated carbocycles. The van der Waals surface area contributed by atoms with Crippen LogP contribution in [0.4, 0.5) is 0 Å². The van der Waals surface area contributed by atoms with Gasteiger partial charge in [-0.15, -0.1) is 0 Å². The average molecular weight is 486 g/mol. The number of fused-ring (bicyclic) bond motifs is 1. The Labute approximate surface area is 209 Å². The maximum absolute atomic E-state index is 13.5. The van der Waals surface area contributed by atoms with E-state index >= 15 is 0 Å². The molecule has 1 fully saturated rings. The lowest BCUT2D eigenvalue weighted by molar-refractivity contribution is -0.138. The normalized spacial score (nSPS) is 21.8. The SMILES string of the molecule is CC(C)CC#Cc1cnc2c(c1)C(=O)N([C@H](C)CO)C[C@H](C)[C@@H](CN(C)C(=O)C1CCOCC1)O2. The number of aliphatic hydroxyl groups is 1. The summed E-state index contributed by atoms with van der Waals surface area (Å²) in [4.78, 5) is 34.4. The van der Waals surface area contributed by atoms with E-state index in [1.54, 1.807) is 29.1 Å². The first-order valence-corrected chi connectivity index (χ1v) is 12.6. The van der Waals surface area contributed by atoms with Gasteiger partial charge in [0.2, 0.25) is 11.8 Å². The predicted molar refractivity (Wildman–Crippen MR) is 133 cm³/mol. The molecule has 2 aliphatic heterocycles. The van der Waals surface area contributed by atoms with Gasteiger partial charge in [0.1, 0.15) is 11.7 Å². The van der Waals surface area contributed by atoms with Crippen molar-refractivity contribution in [1.29, 1.82) is 0 Å². The van der Waals surface area contributed by atoms with E-state index in [1.165, 1.54) is 0 Å². The zero-order valence-corrected chi connectivity index (χ0v) is 21.6. The van der Waals surface area contributed by atoms with Crippen LogP contribution in [-0.2, 0) is 9.53 Å². The number of hydrogen-bond acceptors (Lipinski definition) is 6. The molecule has 8 nitrogen and oxygen atoms in total. The Morgan fingerprint density at radius 2 is 2.03 bits per heavy atom. The Morgan fingerprint density at radius 3 is 2.69 bits per heavy atom. The van der Waals surface area contributed by atoms with Gasteiger partial charge in [0.25, 0.3) is 5.91 Å². The molecule has 192 valence electrons. The van der Waals surface area contributed by atoms with Gasteiger partial charge in [0, 0.05) is 56.8 Å². The molecule has 1 N–H and O–H groups in total. The van der Waals surface area contributed by atoms with Crippen LogP contribution in [0.15, 0.2) is 12.3 Å². The van der Waals surface area contributed by atoms with E-state index in [0.29, 0.717) is 43.3 Å². The molecule has 0 bridgehead atoms. The number of pyridine rings is 1. The Balaban J connectivity index is 1.88. The summed E-state index contributed by atoms with van der Waals surface area (Å²) in [6.07, 6.45) is 3.47. The lowest BCUT2D eigenvalue weighted by Gasteiger charge is -2.38. The van der Waals surface area contributed by atoms with Gasteiger partial charge in [-0.1, -0.05) is 32.6 Å². The first kappa shape index (κ1) is 27.0. The molecule has 35 heavy (non-hydrogen) atoms. The Kier molecular flexibility index (Phi) is 9.53. The fourth-order valence-corrected chi connectivity index (χ4v) is 4.36. The van der Waals surface area contributed by atoms with Crippen LogP contribution in [0.1, 0.15) is 62.9 Å². The number of carbonyl (C=O) groups excluding carboxylic acids is 2. The molecule has 0 aliphatic carbocycles. The van der Waals surface area contributed by atoms with E-state index in [2.05, 4.69) is 30.7 Å². The molecule has 2 aliphatic rings. The van der Waals surface area contributed by atoms with Crippen LogP contribution in [-0.4, -0.2) is 83.8 Å². The van der Waals surface area contributed by atoms with Crippen molar-refractivity contribution in [2.24, 2.45) is 17.8 Å². The standard InChI is InChI=1S/C27H39N3O5/c1-18(2)7-6-8-21-13-23-25(28-14-21)35-24(19(3)15-30(27(23)33)20(4)17-31)16-29(5)26(32)22-9-11-34-12-10-22/h13-14,18-20,22,24,31H,7,9-12,15-17H2,1-5H3/t19-,20+,24+/m0/s1. The number of hydrogen-bond donors (Lipinski definition) is 1. The van der Waals surface area contributed by atoms with Crippen molar-refractivity contribution in [3.05, 3.63) is 23.4 Å². The van der Waals surface area contributed by atoms with E-state index in [1.807, 2.05) is 13.8 Å². The fraction of sp³-hybridized carbons (Fsp3) is 0.667. The molecule has 1 aromatic heterocycles. The zero-order chi connectivity index (χ0) is 25.5. The lowest BCUT2D eigenvalue weighted by atomic mass is 9.97. The largest absolute Gasteiger partial charge is 0.472 e. The topological polar surface area (TPSA) is 92.2 Å². The summed E-state index contributed by atoms with van der Waals surface area (Å²) in [5.74, 6) is 6.64. The van der Waals surface area contributed by atoms with Gasteiger partial charge in [-0.2, -0.15) is 0 Å². The Bertz CT molecular complexity index is 948. The molecule has 0 unspecified atom stereocenters. The quantitative estimate of drug-likeness (QED) is 0.623. The van der Waals surface area contributed by atoms with Gasteiger partial charge in [-0.05, 0) is 31.7 Å². The second-order valence-corrected chi connectivity index (χ2v) is 10.2. The third kappa shape index (κ3) is 6.96. The number of nitrogens with zero attached hydrogens (tertiary/aromatic N) is 3. The third-order valence-corrected chi connectivity index (χ3v) is 6.66. The van der Waals surface area contributed by atoms with Crippen LogP contribution in [0, 0.1) is 29.6 Å². The summed E-state index contributed by atoms with van der Waals surface area (Å²) in [5, 5.41) is 9.83. The minimum Gasteiger partial charge on any atom is -0.472 e. The summed E-state index contributed by atoms with van der Waals surface area (Å²) in [6, 6.07) is 1.35. The second-order valence-electron chi connectivity index (χ2n) is 10.2. The number of aliphatic hydroxyl groups excluding tert-OH is 1. The molecule has 2 amide bonds. The van der Waals surface area contributed by atoms with Crippen molar-refractivity contribution in [3.63, 3.8) is 0 Å². The van der Waals surface area contributed by atoms with Gasteiger partial charge in [-0.3, -0.25) is 9.59 Å². The predicted octanol–water partition coefficient (Wildman–Crippen LogP) is 2.58. The summed E-state index contributed by atoms with van der Waals surface area (Å²) >= 11 is 0. The molecular formula is C27H39N3O5. The number of carbonyl (C=O) groups is 2. The highest BCUT2D eigenvalue weighted by Gasteiger charge is 2.35.